The summed E-state index contributed by atoms with van der Waals surface area (Å²) in [6, 6.07) is 15.7. The van der Waals surface area contributed by atoms with E-state index in [4.69, 9.17) is 0 Å². The molecule has 0 aliphatic heterocycles. The number of nitrogens with one attached hydrogen (secondary N) is 1. The third-order valence-electron chi connectivity index (χ3n) is 3.66. The lowest BCUT2D eigenvalue weighted by molar-refractivity contribution is -0.658. The zero-order chi connectivity index (χ0) is 15.5. The van der Waals surface area contributed by atoms with E-state index in [-0.39, 0.29) is 12.5 Å². The Bertz CT molecular complexity index is 848. The molecule has 4 nitrogen and oxygen atoms in total. The first-order chi connectivity index (χ1) is 10.7. The van der Waals surface area contributed by atoms with Crippen LogP contribution in [0.15, 0.2) is 61.4 Å². The van der Waals surface area contributed by atoms with E-state index in [1.54, 1.807) is 6.20 Å². The molecule has 3 aromatic rings. The third kappa shape index (κ3) is 2.63. The van der Waals surface area contributed by atoms with Gasteiger partial charge in [0.15, 0.2) is 17.6 Å². The topological polar surface area (TPSA) is 37.9 Å². The molecule has 1 heterocycles. The Balaban J connectivity index is 1.86. The molecule has 0 atom stereocenters. The van der Waals surface area contributed by atoms with E-state index in [1.165, 1.54) is 0 Å². The SMILES string of the molecule is C=Cn1c[n+](CC(=O)Nc2ccccc2C)c2ccccc21. The van der Waals surface area contributed by atoms with Gasteiger partial charge in [-0.3, -0.25) is 4.79 Å². The number of anilines is 1. The Kier molecular flexibility index (Phi) is 3.74. The second-order valence-corrected chi connectivity index (χ2v) is 5.19. The van der Waals surface area contributed by atoms with Gasteiger partial charge in [-0.05, 0) is 30.7 Å². The van der Waals surface area contributed by atoms with Gasteiger partial charge in [-0.15, -0.1) is 0 Å². The highest BCUT2D eigenvalue weighted by atomic mass is 16.1. The molecule has 1 aromatic heterocycles. The van der Waals surface area contributed by atoms with Crippen LogP contribution in [0.25, 0.3) is 17.2 Å². The van der Waals surface area contributed by atoms with Crippen molar-refractivity contribution >= 4 is 28.8 Å². The van der Waals surface area contributed by atoms with Gasteiger partial charge < -0.3 is 5.32 Å². The summed E-state index contributed by atoms with van der Waals surface area (Å²) in [5.74, 6) is -0.0498. The van der Waals surface area contributed by atoms with Crippen LogP contribution in [0, 0.1) is 6.92 Å². The number of aromatic nitrogens is 2. The predicted octanol–water partition coefficient (Wildman–Crippen LogP) is 2.98. The van der Waals surface area contributed by atoms with Crippen LogP contribution < -0.4 is 9.88 Å². The van der Waals surface area contributed by atoms with Crippen molar-refractivity contribution in [2.75, 3.05) is 5.32 Å². The van der Waals surface area contributed by atoms with E-state index in [2.05, 4.69) is 11.9 Å². The van der Waals surface area contributed by atoms with Crippen LogP contribution in [-0.4, -0.2) is 10.5 Å². The zero-order valence-electron chi connectivity index (χ0n) is 12.5. The molecule has 0 unspecified atom stereocenters. The van der Waals surface area contributed by atoms with E-state index in [0.29, 0.717) is 0 Å². The number of nitrogens with zero attached hydrogens (tertiary/aromatic N) is 2. The maximum absolute atomic E-state index is 12.3. The molecule has 3 rings (SSSR count). The number of carbonyl (C=O) groups is 1. The average molecular weight is 292 g/mol. The molecule has 0 aliphatic carbocycles. The van der Waals surface area contributed by atoms with E-state index < -0.39 is 0 Å². The van der Waals surface area contributed by atoms with Crippen LogP contribution >= 0.6 is 0 Å². The molecule has 0 radical (unpaired) electrons. The quantitative estimate of drug-likeness (QED) is 0.738. The summed E-state index contributed by atoms with van der Waals surface area (Å²) in [5.41, 5.74) is 3.93. The number of carbonyl (C=O) groups excluding carboxylic acids is 1. The molecular formula is C18H18N3O+. The first-order valence-corrected chi connectivity index (χ1v) is 7.16. The van der Waals surface area contributed by atoms with Crippen LogP contribution in [0.2, 0.25) is 0 Å². The normalized spacial score (nSPS) is 10.6. The van der Waals surface area contributed by atoms with Crippen molar-refractivity contribution in [3.63, 3.8) is 0 Å². The summed E-state index contributed by atoms with van der Waals surface area (Å²) in [6.07, 6.45) is 3.62. The van der Waals surface area contributed by atoms with Gasteiger partial charge in [0, 0.05) is 5.69 Å². The van der Waals surface area contributed by atoms with Crippen molar-refractivity contribution in [1.29, 1.82) is 0 Å². The van der Waals surface area contributed by atoms with Gasteiger partial charge in [0.25, 0.3) is 5.91 Å². The number of para-hydroxylation sites is 3. The van der Waals surface area contributed by atoms with Gasteiger partial charge in [0.05, 0.1) is 6.20 Å². The first-order valence-electron chi connectivity index (χ1n) is 7.16. The average Bonchev–Trinajstić information content (AvgIpc) is 2.88. The molecule has 4 heteroatoms. The molecule has 0 saturated heterocycles. The summed E-state index contributed by atoms with van der Waals surface area (Å²) < 4.78 is 3.83. The van der Waals surface area contributed by atoms with Crippen molar-refractivity contribution in [2.45, 2.75) is 13.5 Å². The Morgan fingerprint density at radius 2 is 1.95 bits per heavy atom. The number of imidazole rings is 1. The Morgan fingerprint density at radius 1 is 1.23 bits per heavy atom. The minimum atomic E-state index is -0.0498. The molecule has 0 fully saturated rings. The molecule has 2 aromatic carbocycles. The highest BCUT2D eigenvalue weighted by Crippen LogP contribution is 2.13. The van der Waals surface area contributed by atoms with Gasteiger partial charge in [-0.25, -0.2) is 9.13 Å². The molecule has 0 saturated carbocycles. The molecular weight excluding hydrogens is 274 g/mol. The van der Waals surface area contributed by atoms with Crippen molar-refractivity contribution in [3.05, 3.63) is 67.0 Å². The molecule has 0 spiro atoms. The highest BCUT2D eigenvalue weighted by Gasteiger charge is 2.16. The maximum Gasteiger partial charge on any atom is 0.266 e. The molecule has 0 aliphatic rings. The van der Waals surface area contributed by atoms with Gasteiger partial charge in [-0.1, -0.05) is 36.9 Å². The minimum Gasteiger partial charge on any atom is -0.322 e. The Labute approximate surface area is 129 Å². The first kappa shape index (κ1) is 14.1. The second-order valence-electron chi connectivity index (χ2n) is 5.19. The number of hydrogen-bond donors (Lipinski definition) is 1. The number of hydrogen-bond acceptors (Lipinski definition) is 1. The fourth-order valence-corrected chi connectivity index (χ4v) is 2.53. The van der Waals surface area contributed by atoms with E-state index >= 15 is 0 Å². The van der Waals surface area contributed by atoms with Gasteiger partial charge in [0.1, 0.15) is 0 Å². The van der Waals surface area contributed by atoms with Gasteiger partial charge >= 0.3 is 0 Å². The fraction of sp³-hybridized carbons (Fsp3) is 0.111. The lowest BCUT2D eigenvalue weighted by Gasteiger charge is -2.06. The zero-order valence-corrected chi connectivity index (χ0v) is 12.5. The van der Waals surface area contributed by atoms with Gasteiger partial charge in [0.2, 0.25) is 6.33 Å². The monoisotopic (exact) mass is 292 g/mol. The number of fused-ring (bicyclic) bond motifs is 1. The van der Waals surface area contributed by atoms with Crippen molar-refractivity contribution in [1.82, 2.24) is 4.57 Å². The predicted molar refractivity (Wildman–Crippen MR) is 88.3 cm³/mol. The lowest BCUT2D eigenvalue weighted by Crippen LogP contribution is -2.39. The standard InChI is InChI=1S/C18H17N3O/c1-3-20-13-21(17-11-7-6-10-16(17)20)12-18(22)19-15-9-5-4-8-14(15)2/h3-11,13H,1,12H2,2H3/p+1. The summed E-state index contributed by atoms with van der Waals surface area (Å²) in [5, 5.41) is 2.96. The summed E-state index contributed by atoms with van der Waals surface area (Å²) in [4.78, 5) is 12.3. The number of amides is 1. The van der Waals surface area contributed by atoms with E-state index in [1.807, 2.05) is 70.9 Å². The highest BCUT2D eigenvalue weighted by molar-refractivity contribution is 5.90. The third-order valence-corrected chi connectivity index (χ3v) is 3.66. The van der Waals surface area contributed by atoms with Crippen LogP contribution in [-0.2, 0) is 11.3 Å². The number of benzene rings is 2. The number of rotatable bonds is 4. The van der Waals surface area contributed by atoms with E-state index in [0.717, 1.165) is 22.3 Å². The summed E-state index contributed by atoms with van der Waals surface area (Å²) >= 11 is 0. The molecule has 22 heavy (non-hydrogen) atoms. The van der Waals surface area contributed by atoms with E-state index in [9.17, 15) is 4.79 Å². The number of aryl methyl sites for hydroxylation is 1. The van der Waals surface area contributed by atoms with Crippen LogP contribution in [0.1, 0.15) is 5.56 Å². The van der Waals surface area contributed by atoms with Crippen molar-refractivity contribution < 1.29 is 9.36 Å². The molecule has 1 amide bonds. The lowest BCUT2D eigenvalue weighted by atomic mass is 10.2. The van der Waals surface area contributed by atoms with Crippen LogP contribution in [0.3, 0.4) is 0 Å². The molecule has 0 bridgehead atoms. The Hall–Kier alpha value is -2.88. The Morgan fingerprint density at radius 3 is 2.73 bits per heavy atom. The largest absolute Gasteiger partial charge is 0.322 e. The second kappa shape index (κ2) is 5.85. The van der Waals surface area contributed by atoms with Crippen LogP contribution in [0.4, 0.5) is 5.69 Å². The molecule has 1 N–H and O–H groups in total. The summed E-state index contributed by atoms with van der Waals surface area (Å²) in [6.45, 7) is 6.04. The maximum atomic E-state index is 12.3. The molecule has 110 valence electrons. The van der Waals surface area contributed by atoms with Gasteiger partial charge in [-0.2, -0.15) is 0 Å². The summed E-state index contributed by atoms with van der Waals surface area (Å²) in [7, 11) is 0. The minimum absolute atomic E-state index is 0.0498. The smallest absolute Gasteiger partial charge is 0.266 e. The van der Waals surface area contributed by atoms with Crippen LogP contribution in [0.5, 0.6) is 0 Å². The van der Waals surface area contributed by atoms with Crippen molar-refractivity contribution in [3.8, 4) is 0 Å². The van der Waals surface area contributed by atoms with Crippen molar-refractivity contribution in [2.24, 2.45) is 0 Å². The fourth-order valence-electron chi connectivity index (χ4n) is 2.53.